The number of hydrogen-bond acceptors (Lipinski definition) is 5. The number of halogens is 3. The van der Waals surface area contributed by atoms with Gasteiger partial charge in [0.2, 0.25) is 0 Å². The molecule has 3 fully saturated rings. The Morgan fingerprint density at radius 3 is 2.55 bits per heavy atom. The van der Waals surface area contributed by atoms with Crippen LogP contribution < -0.4 is 5.73 Å². The Labute approximate surface area is 179 Å². The Balaban J connectivity index is 1.41. The van der Waals surface area contributed by atoms with Gasteiger partial charge in [-0.05, 0) is 42.7 Å². The zero-order chi connectivity index (χ0) is 21.8. The number of alkyl halides is 3. The van der Waals surface area contributed by atoms with Crippen molar-refractivity contribution in [1.29, 1.82) is 0 Å². The van der Waals surface area contributed by atoms with Crippen LogP contribution in [0.2, 0.25) is 0 Å². The normalized spacial score (nSPS) is 26.1. The minimum absolute atomic E-state index is 0.364. The van der Waals surface area contributed by atoms with Crippen molar-refractivity contribution in [3.63, 3.8) is 0 Å². The lowest BCUT2D eigenvalue weighted by Gasteiger charge is -2.26. The number of hydrogen-bond donors (Lipinski definition) is 1. The molecule has 1 saturated heterocycles. The van der Waals surface area contributed by atoms with E-state index in [2.05, 4.69) is 14.6 Å². The molecule has 2 aliphatic carbocycles. The van der Waals surface area contributed by atoms with Crippen molar-refractivity contribution in [2.45, 2.75) is 37.9 Å². The van der Waals surface area contributed by atoms with Crippen LogP contribution in [0.1, 0.15) is 36.4 Å². The van der Waals surface area contributed by atoms with Gasteiger partial charge in [-0.2, -0.15) is 18.3 Å². The van der Waals surface area contributed by atoms with E-state index in [0.29, 0.717) is 34.9 Å². The van der Waals surface area contributed by atoms with Gasteiger partial charge < -0.3 is 15.4 Å². The molecule has 3 atom stereocenters. The smallest absolute Gasteiger partial charge is 0.383 e. The maximum absolute atomic E-state index is 13.3. The van der Waals surface area contributed by atoms with Crippen molar-refractivity contribution in [1.82, 2.24) is 19.7 Å². The summed E-state index contributed by atoms with van der Waals surface area (Å²) in [7, 11) is 1.72. The summed E-state index contributed by atoms with van der Waals surface area (Å²) >= 11 is 0. The molecular weight excluding hydrogens is 407 g/mol. The number of aromatic nitrogens is 3. The molecule has 6 nitrogen and oxygen atoms in total. The van der Waals surface area contributed by atoms with E-state index in [9.17, 15) is 13.2 Å². The summed E-state index contributed by atoms with van der Waals surface area (Å²) in [5.41, 5.74) is 6.65. The van der Waals surface area contributed by atoms with Gasteiger partial charge in [0.15, 0.2) is 0 Å². The van der Waals surface area contributed by atoms with Gasteiger partial charge in [0.25, 0.3) is 0 Å². The topological polar surface area (TPSA) is 69.2 Å². The Morgan fingerprint density at radius 1 is 1.19 bits per heavy atom. The molecule has 0 aromatic carbocycles. The molecule has 0 bridgehead atoms. The molecule has 0 amide bonds. The monoisotopic (exact) mass is 435 g/mol. The molecule has 1 aliphatic heterocycles. The number of methoxy groups -OCH3 is 1. The lowest BCUT2D eigenvalue weighted by molar-refractivity contribution is -0.137. The van der Waals surface area contributed by atoms with Crippen molar-refractivity contribution in [3.05, 3.63) is 29.6 Å². The summed E-state index contributed by atoms with van der Waals surface area (Å²) in [5.74, 6) is 1.73. The predicted molar refractivity (Wildman–Crippen MR) is 110 cm³/mol. The van der Waals surface area contributed by atoms with Gasteiger partial charge in [-0.3, -0.25) is 4.68 Å². The third kappa shape index (κ3) is 3.93. The first-order chi connectivity index (χ1) is 14.8. The molecule has 2 saturated carbocycles. The van der Waals surface area contributed by atoms with E-state index in [1.807, 2.05) is 6.07 Å². The van der Waals surface area contributed by atoms with Crippen LogP contribution in [0.3, 0.4) is 0 Å². The highest BCUT2D eigenvalue weighted by atomic mass is 19.4. The van der Waals surface area contributed by atoms with Gasteiger partial charge in [0.1, 0.15) is 5.82 Å². The number of pyridine rings is 1. The number of anilines is 1. The first-order valence-corrected chi connectivity index (χ1v) is 11.0. The van der Waals surface area contributed by atoms with Crippen LogP contribution >= 0.6 is 0 Å². The summed E-state index contributed by atoms with van der Waals surface area (Å²) in [4.78, 5) is 6.23. The number of ether oxygens (including phenoxy) is 1. The zero-order valence-corrected chi connectivity index (χ0v) is 17.6. The summed E-state index contributed by atoms with van der Waals surface area (Å²) in [6.07, 6.45) is 0.486. The fourth-order valence-corrected chi connectivity index (χ4v) is 5.20. The van der Waals surface area contributed by atoms with Gasteiger partial charge in [0, 0.05) is 56.7 Å². The first kappa shape index (κ1) is 20.8. The molecule has 2 aromatic heterocycles. The van der Waals surface area contributed by atoms with Crippen molar-refractivity contribution < 1.29 is 17.9 Å². The Hall–Kier alpha value is -2.13. The second kappa shape index (κ2) is 7.78. The van der Waals surface area contributed by atoms with E-state index >= 15 is 0 Å². The number of rotatable bonds is 7. The van der Waals surface area contributed by atoms with Crippen molar-refractivity contribution in [2.24, 2.45) is 17.8 Å². The second-order valence-electron chi connectivity index (χ2n) is 9.19. The molecule has 3 aliphatic rings. The highest BCUT2D eigenvalue weighted by molar-refractivity contribution is 5.63. The maximum Gasteiger partial charge on any atom is 0.419 e. The van der Waals surface area contributed by atoms with E-state index in [4.69, 9.17) is 15.6 Å². The van der Waals surface area contributed by atoms with Gasteiger partial charge >= 0.3 is 6.18 Å². The Morgan fingerprint density at radius 2 is 1.94 bits per heavy atom. The molecule has 2 aromatic rings. The number of fused-ring (bicyclic) bond motifs is 1. The lowest BCUT2D eigenvalue weighted by Crippen LogP contribution is -2.28. The lowest BCUT2D eigenvalue weighted by atomic mass is 9.85. The molecule has 1 unspecified atom stereocenters. The van der Waals surface area contributed by atoms with Crippen LogP contribution in [0.15, 0.2) is 18.3 Å². The Kier molecular flexibility index (Phi) is 5.21. The minimum Gasteiger partial charge on any atom is -0.383 e. The summed E-state index contributed by atoms with van der Waals surface area (Å²) in [6, 6.07) is 3.05. The van der Waals surface area contributed by atoms with E-state index in [0.717, 1.165) is 44.5 Å². The van der Waals surface area contributed by atoms with Crippen LogP contribution in [0.4, 0.5) is 19.0 Å². The quantitative estimate of drug-likeness (QED) is 0.719. The zero-order valence-electron chi connectivity index (χ0n) is 17.6. The molecule has 9 heteroatoms. The number of nitrogens with two attached hydrogens (primary N) is 1. The second-order valence-corrected chi connectivity index (χ2v) is 9.19. The number of nitrogen functional groups attached to an aromatic ring is 1. The Bertz CT molecular complexity index is 943. The van der Waals surface area contributed by atoms with Crippen molar-refractivity contribution in [2.75, 3.05) is 39.1 Å². The third-order valence-corrected chi connectivity index (χ3v) is 7.21. The average Bonchev–Trinajstić information content (AvgIpc) is 3.04. The third-order valence-electron chi connectivity index (χ3n) is 7.21. The highest BCUT2D eigenvalue weighted by Gasteiger charge is 2.57. The molecule has 3 heterocycles. The average molecular weight is 435 g/mol. The van der Waals surface area contributed by atoms with Crippen LogP contribution in [0, 0.1) is 17.8 Å². The van der Waals surface area contributed by atoms with E-state index in [-0.39, 0.29) is 0 Å². The van der Waals surface area contributed by atoms with Gasteiger partial charge in [-0.1, -0.05) is 6.42 Å². The fourth-order valence-electron chi connectivity index (χ4n) is 5.20. The van der Waals surface area contributed by atoms with Crippen LogP contribution in [-0.4, -0.2) is 53.0 Å². The van der Waals surface area contributed by atoms with E-state index in [1.54, 1.807) is 7.11 Å². The predicted octanol–water partition coefficient (Wildman–Crippen LogP) is 3.64. The van der Waals surface area contributed by atoms with Gasteiger partial charge in [-0.25, -0.2) is 4.98 Å². The molecular formula is C22H28F3N5O. The highest BCUT2D eigenvalue weighted by Crippen LogP contribution is 2.58. The minimum atomic E-state index is -4.54. The molecule has 5 rings (SSSR count). The maximum atomic E-state index is 13.3. The first-order valence-electron chi connectivity index (χ1n) is 11.0. The number of piperidine rings is 1. The van der Waals surface area contributed by atoms with Crippen LogP contribution in [0.5, 0.6) is 0 Å². The summed E-state index contributed by atoms with van der Waals surface area (Å²) < 4.78 is 47.2. The standard InChI is InChI=1S/C22H28F3N5O/c1-31-6-5-29-11-15-16(12-29)20(15)19-8-18(28-30(19)10-13-3-2-4-13)14-7-17(22(23,24)25)21(26)27-9-14/h7-9,13,15-16,20H,2-6,10-12H2,1H3,(H2,26,27)/t15-,16+,20?. The van der Waals surface area contributed by atoms with Crippen molar-refractivity contribution >= 4 is 5.82 Å². The number of nitrogens with zero attached hydrogens (tertiary/aromatic N) is 4. The van der Waals surface area contributed by atoms with E-state index < -0.39 is 17.6 Å². The summed E-state index contributed by atoms with van der Waals surface area (Å²) in [6.45, 7) is 4.61. The van der Waals surface area contributed by atoms with Gasteiger partial charge in [-0.15, -0.1) is 0 Å². The van der Waals surface area contributed by atoms with Crippen LogP contribution in [0.25, 0.3) is 11.3 Å². The molecule has 0 radical (unpaired) electrons. The van der Waals surface area contributed by atoms with Gasteiger partial charge in [0.05, 0.1) is 17.9 Å². The molecule has 31 heavy (non-hydrogen) atoms. The molecule has 0 spiro atoms. The molecule has 168 valence electrons. The SMILES string of the molecule is COCCN1C[C@@H]2C(c3cc(-c4cnc(N)c(C(F)(F)F)c4)nn3CC3CCC3)[C@@H]2C1. The van der Waals surface area contributed by atoms with Crippen molar-refractivity contribution in [3.8, 4) is 11.3 Å². The van der Waals surface area contributed by atoms with E-state index in [1.165, 1.54) is 25.5 Å². The molecule has 2 N–H and O–H groups in total. The largest absolute Gasteiger partial charge is 0.419 e. The fraction of sp³-hybridized carbons (Fsp3) is 0.636. The number of likely N-dealkylation sites (tertiary alicyclic amines) is 1. The summed E-state index contributed by atoms with van der Waals surface area (Å²) in [5, 5.41) is 4.75. The van der Waals surface area contributed by atoms with Crippen LogP contribution in [-0.2, 0) is 17.5 Å².